The molecular weight excluding hydrogens is 348 g/mol. The van der Waals surface area contributed by atoms with Gasteiger partial charge in [-0.2, -0.15) is 0 Å². The molecule has 1 heterocycles. The van der Waals surface area contributed by atoms with Crippen LogP contribution in [0, 0.1) is 6.92 Å². The summed E-state index contributed by atoms with van der Waals surface area (Å²) in [5.74, 6) is -0.155. The first-order valence-electron chi connectivity index (χ1n) is 8.02. The van der Waals surface area contributed by atoms with Gasteiger partial charge in [0.05, 0.1) is 12.1 Å². The van der Waals surface area contributed by atoms with Gasteiger partial charge in [0.25, 0.3) is 0 Å². The summed E-state index contributed by atoms with van der Waals surface area (Å²) in [7, 11) is 0. The highest BCUT2D eigenvalue weighted by atomic mass is 32.1. The molecule has 0 spiro atoms. The first-order valence-corrected chi connectivity index (χ1v) is 8.90. The molecule has 0 saturated carbocycles. The summed E-state index contributed by atoms with van der Waals surface area (Å²) in [5.41, 5.74) is 3.17. The van der Waals surface area contributed by atoms with Crippen LogP contribution in [0.1, 0.15) is 11.3 Å². The molecule has 3 rings (SSSR count). The number of nitrogens with one attached hydrogen (secondary N) is 3. The fourth-order valence-electron chi connectivity index (χ4n) is 2.23. The lowest BCUT2D eigenvalue weighted by molar-refractivity contribution is -0.115. The number of nitrogens with zero attached hydrogens (tertiary/aromatic N) is 1. The summed E-state index contributed by atoms with van der Waals surface area (Å²) in [6.45, 7) is 1.98. The topological polar surface area (TPSA) is 83.1 Å². The molecule has 3 amide bonds. The third kappa shape index (κ3) is 5.15. The van der Waals surface area contributed by atoms with E-state index in [4.69, 9.17) is 0 Å². The van der Waals surface area contributed by atoms with Crippen LogP contribution in [0.5, 0.6) is 0 Å². The summed E-state index contributed by atoms with van der Waals surface area (Å²) >= 11 is 1.28. The number of para-hydroxylation sites is 1. The molecule has 0 aliphatic rings. The third-order valence-corrected chi connectivity index (χ3v) is 4.29. The predicted molar refractivity (Wildman–Crippen MR) is 105 cm³/mol. The van der Waals surface area contributed by atoms with Crippen LogP contribution in [-0.4, -0.2) is 16.9 Å². The van der Waals surface area contributed by atoms with Crippen molar-refractivity contribution in [1.82, 2.24) is 4.98 Å². The summed E-state index contributed by atoms with van der Waals surface area (Å²) in [4.78, 5) is 28.3. The van der Waals surface area contributed by atoms with Crippen molar-refractivity contribution < 1.29 is 9.59 Å². The minimum absolute atomic E-state index is 0.145. The van der Waals surface area contributed by atoms with Gasteiger partial charge in [-0.25, -0.2) is 9.78 Å². The Morgan fingerprint density at radius 1 is 0.923 bits per heavy atom. The Balaban J connectivity index is 1.51. The van der Waals surface area contributed by atoms with E-state index < -0.39 is 0 Å². The van der Waals surface area contributed by atoms with Crippen LogP contribution >= 0.6 is 11.3 Å². The Hall–Kier alpha value is -3.19. The number of thiazole rings is 1. The van der Waals surface area contributed by atoms with Crippen molar-refractivity contribution in [2.24, 2.45) is 0 Å². The molecule has 1 aromatic heterocycles. The molecule has 7 heteroatoms. The second kappa shape index (κ2) is 8.26. The van der Waals surface area contributed by atoms with E-state index in [0.29, 0.717) is 16.5 Å². The smallest absolute Gasteiger partial charge is 0.325 e. The van der Waals surface area contributed by atoms with Gasteiger partial charge in [0.15, 0.2) is 5.13 Å². The average molecular weight is 366 g/mol. The first-order chi connectivity index (χ1) is 12.6. The van der Waals surface area contributed by atoms with Gasteiger partial charge >= 0.3 is 6.03 Å². The number of rotatable bonds is 5. The first kappa shape index (κ1) is 17.6. The standard InChI is InChI=1S/C19H18N4O2S/c1-13-7-9-15(10-8-13)21-18(25)23-19-22-16(12-26-19)11-17(24)20-14-5-3-2-4-6-14/h2-10,12H,11H2,1H3,(H,20,24)(H2,21,22,23,25). The maximum absolute atomic E-state index is 12.0. The lowest BCUT2D eigenvalue weighted by Gasteiger charge is -2.05. The molecule has 0 unspecified atom stereocenters. The van der Waals surface area contributed by atoms with Gasteiger partial charge < -0.3 is 10.6 Å². The summed E-state index contributed by atoms with van der Waals surface area (Å²) in [5, 5.41) is 10.4. The zero-order chi connectivity index (χ0) is 18.4. The fraction of sp³-hybridized carbons (Fsp3) is 0.105. The number of carbonyl (C=O) groups is 2. The summed E-state index contributed by atoms with van der Waals surface area (Å²) in [6.07, 6.45) is 0.145. The molecule has 3 aromatic rings. The molecule has 3 N–H and O–H groups in total. The van der Waals surface area contributed by atoms with Gasteiger partial charge in [-0.15, -0.1) is 11.3 Å². The number of amides is 3. The predicted octanol–water partition coefficient (Wildman–Crippen LogP) is 4.28. The molecule has 0 aliphatic heterocycles. The Morgan fingerprint density at radius 2 is 1.62 bits per heavy atom. The number of aromatic nitrogens is 1. The number of anilines is 3. The lowest BCUT2D eigenvalue weighted by Crippen LogP contribution is -2.19. The lowest BCUT2D eigenvalue weighted by atomic mass is 10.2. The van der Waals surface area contributed by atoms with Crippen LogP contribution in [0.25, 0.3) is 0 Å². The van der Waals surface area contributed by atoms with Crippen LogP contribution in [0.2, 0.25) is 0 Å². The molecule has 2 aromatic carbocycles. The molecular formula is C19H18N4O2S. The molecule has 132 valence electrons. The van der Waals surface area contributed by atoms with E-state index in [9.17, 15) is 9.59 Å². The van der Waals surface area contributed by atoms with Crippen LogP contribution < -0.4 is 16.0 Å². The maximum Gasteiger partial charge on any atom is 0.325 e. The highest BCUT2D eigenvalue weighted by Gasteiger charge is 2.10. The van der Waals surface area contributed by atoms with Crippen LogP contribution in [0.15, 0.2) is 60.0 Å². The van der Waals surface area contributed by atoms with E-state index in [1.54, 1.807) is 5.38 Å². The molecule has 0 atom stereocenters. The highest BCUT2D eigenvalue weighted by molar-refractivity contribution is 7.14. The van der Waals surface area contributed by atoms with E-state index in [2.05, 4.69) is 20.9 Å². The van der Waals surface area contributed by atoms with Crippen molar-refractivity contribution in [3.63, 3.8) is 0 Å². The van der Waals surface area contributed by atoms with Gasteiger partial charge in [-0.05, 0) is 31.2 Å². The van der Waals surface area contributed by atoms with Crippen molar-refractivity contribution in [2.75, 3.05) is 16.0 Å². The zero-order valence-electron chi connectivity index (χ0n) is 14.2. The zero-order valence-corrected chi connectivity index (χ0v) is 15.0. The SMILES string of the molecule is Cc1ccc(NC(=O)Nc2nc(CC(=O)Nc3ccccc3)cs2)cc1. The van der Waals surface area contributed by atoms with Crippen LogP contribution in [0.4, 0.5) is 21.3 Å². The molecule has 0 radical (unpaired) electrons. The van der Waals surface area contributed by atoms with Crippen molar-refractivity contribution in [3.8, 4) is 0 Å². The minimum atomic E-state index is -0.372. The van der Waals surface area contributed by atoms with Gasteiger partial charge in [-0.3, -0.25) is 10.1 Å². The quantitative estimate of drug-likeness (QED) is 0.630. The van der Waals surface area contributed by atoms with E-state index in [1.807, 2.05) is 61.5 Å². The minimum Gasteiger partial charge on any atom is -0.326 e. The van der Waals surface area contributed by atoms with Crippen LogP contribution in [0.3, 0.4) is 0 Å². The second-order valence-electron chi connectivity index (χ2n) is 5.68. The van der Waals surface area contributed by atoms with Crippen molar-refractivity contribution in [1.29, 1.82) is 0 Å². The van der Waals surface area contributed by atoms with Crippen LogP contribution in [-0.2, 0) is 11.2 Å². The average Bonchev–Trinajstić information content (AvgIpc) is 3.04. The van der Waals surface area contributed by atoms with Crippen molar-refractivity contribution in [3.05, 3.63) is 71.2 Å². The molecule has 0 fully saturated rings. The van der Waals surface area contributed by atoms with E-state index in [1.165, 1.54) is 11.3 Å². The number of urea groups is 1. The Bertz CT molecular complexity index is 891. The van der Waals surface area contributed by atoms with E-state index in [-0.39, 0.29) is 18.4 Å². The van der Waals surface area contributed by atoms with Gasteiger partial charge in [0, 0.05) is 16.8 Å². The Labute approximate surface area is 155 Å². The van der Waals surface area contributed by atoms with E-state index in [0.717, 1.165) is 11.3 Å². The number of hydrogen-bond donors (Lipinski definition) is 3. The van der Waals surface area contributed by atoms with Gasteiger partial charge in [0.2, 0.25) is 5.91 Å². The fourth-order valence-corrected chi connectivity index (χ4v) is 2.94. The van der Waals surface area contributed by atoms with E-state index >= 15 is 0 Å². The Kier molecular flexibility index (Phi) is 5.60. The monoisotopic (exact) mass is 366 g/mol. The summed E-state index contributed by atoms with van der Waals surface area (Å²) in [6, 6.07) is 16.4. The number of hydrogen-bond acceptors (Lipinski definition) is 4. The molecule has 0 aliphatic carbocycles. The summed E-state index contributed by atoms with van der Waals surface area (Å²) < 4.78 is 0. The number of aryl methyl sites for hydroxylation is 1. The molecule has 0 bridgehead atoms. The van der Waals surface area contributed by atoms with Gasteiger partial charge in [0.1, 0.15) is 0 Å². The largest absolute Gasteiger partial charge is 0.326 e. The van der Waals surface area contributed by atoms with Crippen molar-refractivity contribution >= 4 is 39.8 Å². The number of benzene rings is 2. The highest BCUT2D eigenvalue weighted by Crippen LogP contribution is 2.17. The molecule has 6 nitrogen and oxygen atoms in total. The maximum atomic E-state index is 12.0. The molecule has 26 heavy (non-hydrogen) atoms. The number of carbonyl (C=O) groups excluding carboxylic acids is 2. The third-order valence-electron chi connectivity index (χ3n) is 3.48. The normalized spacial score (nSPS) is 10.2. The van der Waals surface area contributed by atoms with Gasteiger partial charge in [-0.1, -0.05) is 35.9 Å². The second-order valence-corrected chi connectivity index (χ2v) is 6.54. The Morgan fingerprint density at radius 3 is 2.35 bits per heavy atom. The molecule has 0 saturated heterocycles. The van der Waals surface area contributed by atoms with Crippen molar-refractivity contribution in [2.45, 2.75) is 13.3 Å².